The SMILES string of the molecule is CCCCOc1ccc(C(=O)NCC(=O)OCCSc2ccccc2F)cc1. The molecule has 0 aliphatic rings. The number of rotatable bonds is 11. The average Bonchev–Trinajstić information content (AvgIpc) is 2.71. The number of amides is 1. The predicted octanol–water partition coefficient (Wildman–Crippen LogP) is 4.07. The standard InChI is InChI=1S/C21H24FNO4S/c1-2-3-12-26-17-10-8-16(9-11-17)21(25)23-15-20(24)27-13-14-28-19-7-5-4-6-18(19)22/h4-11H,2-3,12-15H2,1H3,(H,23,25). The lowest BCUT2D eigenvalue weighted by Gasteiger charge is -2.08. The van der Waals surface area contributed by atoms with E-state index in [1.165, 1.54) is 17.8 Å². The number of unbranched alkanes of at least 4 members (excludes halogenated alkanes) is 1. The van der Waals surface area contributed by atoms with Gasteiger partial charge in [-0.2, -0.15) is 0 Å². The summed E-state index contributed by atoms with van der Waals surface area (Å²) in [4.78, 5) is 24.3. The van der Waals surface area contributed by atoms with Crippen LogP contribution in [0.25, 0.3) is 0 Å². The third-order valence-electron chi connectivity index (χ3n) is 3.72. The second kappa shape index (κ2) is 12.0. The van der Waals surface area contributed by atoms with Crippen LogP contribution >= 0.6 is 11.8 Å². The Bertz CT molecular complexity index is 767. The van der Waals surface area contributed by atoms with E-state index in [2.05, 4.69) is 12.2 Å². The first-order chi connectivity index (χ1) is 13.6. The molecule has 0 atom stereocenters. The van der Waals surface area contributed by atoms with Crippen molar-refractivity contribution >= 4 is 23.6 Å². The van der Waals surface area contributed by atoms with Crippen LogP contribution in [-0.4, -0.2) is 37.4 Å². The fourth-order valence-electron chi connectivity index (χ4n) is 2.21. The highest BCUT2D eigenvalue weighted by Crippen LogP contribution is 2.20. The fourth-order valence-corrected chi connectivity index (χ4v) is 2.98. The number of carbonyl (C=O) groups is 2. The third-order valence-corrected chi connectivity index (χ3v) is 4.73. The molecule has 28 heavy (non-hydrogen) atoms. The molecule has 0 saturated carbocycles. The molecule has 0 radical (unpaired) electrons. The zero-order valence-corrected chi connectivity index (χ0v) is 16.6. The van der Waals surface area contributed by atoms with Crippen molar-refractivity contribution in [3.63, 3.8) is 0 Å². The molecule has 150 valence electrons. The average molecular weight is 405 g/mol. The molecule has 0 aliphatic heterocycles. The summed E-state index contributed by atoms with van der Waals surface area (Å²) in [6.45, 7) is 2.64. The molecule has 0 saturated heterocycles. The van der Waals surface area contributed by atoms with Gasteiger partial charge in [0, 0.05) is 16.2 Å². The quantitative estimate of drug-likeness (QED) is 0.347. The largest absolute Gasteiger partial charge is 0.494 e. The van der Waals surface area contributed by atoms with E-state index in [0.717, 1.165) is 12.8 Å². The Morgan fingerprint density at radius 1 is 1.07 bits per heavy atom. The van der Waals surface area contributed by atoms with Crippen molar-refractivity contribution in [2.24, 2.45) is 0 Å². The highest BCUT2D eigenvalue weighted by Gasteiger charge is 2.09. The van der Waals surface area contributed by atoms with E-state index in [1.54, 1.807) is 42.5 Å². The first kappa shape index (κ1) is 21.8. The maximum atomic E-state index is 13.5. The van der Waals surface area contributed by atoms with Gasteiger partial charge < -0.3 is 14.8 Å². The molecule has 2 rings (SSSR count). The maximum absolute atomic E-state index is 13.5. The van der Waals surface area contributed by atoms with Crippen LogP contribution in [0.15, 0.2) is 53.4 Å². The highest BCUT2D eigenvalue weighted by atomic mass is 32.2. The first-order valence-corrected chi connectivity index (χ1v) is 10.1. The predicted molar refractivity (Wildman–Crippen MR) is 107 cm³/mol. The summed E-state index contributed by atoms with van der Waals surface area (Å²) in [6, 6.07) is 13.2. The fraction of sp³-hybridized carbons (Fsp3) is 0.333. The summed E-state index contributed by atoms with van der Waals surface area (Å²) >= 11 is 1.27. The van der Waals surface area contributed by atoms with Gasteiger partial charge >= 0.3 is 5.97 Å². The van der Waals surface area contributed by atoms with Gasteiger partial charge in [-0.25, -0.2) is 4.39 Å². The third kappa shape index (κ3) is 7.60. The van der Waals surface area contributed by atoms with Crippen LogP contribution in [0.5, 0.6) is 5.75 Å². The van der Waals surface area contributed by atoms with E-state index >= 15 is 0 Å². The van der Waals surface area contributed by atoms with Crippen LogP contribution in [0.1, 0.15) is 30.1 Å². The summed E-state index contributed by atoms with van der Waals surface area (Å²) in [6.07, 6.45) is 2.03. The molecule has 2 aromatic carbocycles. The number of hydrogen-bond donors (Lipinski definition) is 1. The van der Waals surface area contributed by atoms with Crippen molar-refractivity contribution in [2.75, 3.05) is 25.5 Å². The van der Waals surface area contributed by atoms with Crippen LogP contribution in [0, 0.1) is 5.82 Å². The molecule has 2 aromatic rings. The number of hydrogen-bond acceptors (Lipinski definition) is 5. The van der Waals surface area contributed by atoms with Crippen molar-refractivity contribution in [3.8, 4) is 5.75 Å². The Labute approximate surface area is 168 Å². The summed E-state index contributed by atoms with van der Waals surface area (Å²) in [5, 5.41) is 2.52. The van der Waals surface area contributed by atoms with Gasteiger partial charge in [-0.3, -0.25) is 9.59 Å². The van der Waals surface area contributed by atoms with Crippen LogP contribution in [0.4, 0.5) is 4.39 Å². The van der Waals surface area contributed by atoms with E-state index in [1.807, 2.05) is 0 Å². The molecule has 0 fully saturated rings. The summed E-state index contributed by atoms with van der Waals surface area (Å²) in [5.74, 6) is -0.0652. The van der Waals surface area contributed by atoms with Gasteiger partial charge in [-0.15, -0.1) is 11.8 Å². The monoisotopic (exact) mass is 405 g/mol. The van der Waals surface area contributed by atoms with Crippen LogP contribution in [0.2, 0.25) is 0 Å². The Hall–Kier alpha value is -2.54. The lowest BCUT2D eigenvalue weighted by atomic mass is 10.2. The molecule has 0 heterocycles. The number of benzene rings is 2. The van der Waals surface area contributed by atoms with Gasteiger partial charge in [0.1, 0.15) is 24.7 Å². The van der Waals surface area contributed by atoms with Gasteiger partial charge in [0.05, 0.1) is 6.61 Å². The van der Waals surface area contributed by atoms with Crippen LogP contribution in [0.3, 0.4) is 0 Å². The van der Waals surface area contributed by atoms with Gasteiger partial charge in [-0.05, 0) is 42.8 Å². The number of ether oxygens (including phenoxy) is 2. The topological polar surface area (TPSA) is 64.6 Å². The Balaban J connectivity index is 1.65. The smallest absolute Gasteiger partial charge is 0.325 e. The molecule has 1 N–H and O–H groups in total. The van der Waals surface area contributed by atoms with E-state index in [9.17, 15) is 14.0 Å². The minimum absolute atomic E-state index is 0.136. The Kier molecular flexibility index (Phi) is 9.34. The van der Waals surface area contributed by atoms with Crippen molar-refractivity contribution in [1.29, 1.82) is 0 Å². The maximum Gasteiger partial charge on any atom is 0.325 e. The zero-order valence-electron chi connectivity index (χ0n) is 15.8. The van der Waals surface area contributed by atoms with Gasteiger partial charge in [0.15, 0.2) is 0 Å². The summed E-state index contributed by atoms with van der Waals surface area (Å²) in [7, 11) is 0. The molecule has 0 spiro atoms. The zero-order chi connectivity index (χ0) is 20.2. The minimum Gasteiger partial charge on any atom is -0.494 e. The number of nitrogens with one attached hydrogen (secondary N) is 1. The van der Waals surface area contributed by atoms with E-state index in [0.29, 0.717) is 28.6 Å². The van der Waals surface area contributed by atoms with Crippen molar-refractivity contribution in [2.45, 2.75) is 24.7 Å². The van der Waals surface area contributed by atoms with E-state index in [4.69, 9.17) is 9.47 Å². The molecule has 7 heteroatoms. The van der Waals surface area contributed by atoms with E-state index in [-0.39, 0.29) is 24.9 Å². The Morgan fingerprint density at radius 3 is 2.54 bits per heavy atom. The van der Waals surface area contributed by atoms with Crippen molar-refractivity contribution in [3.05, 3.63) is 59.9 Å². The summed E-state index contributed by atoms with van der Waals surface area (Å²) < 4.78 is 24.1. The van der Waals surface area contributed by atoms with Crippen LogP contribution in [-0.2, 0) is 9.53 Å². The number of carbonyl (C=O) groups excluding carboxylic acids is 2. The molecular weight excluding hydrogens is 381 g/mol. The van der Waals surface area contributed by atoms with Crippen molar-refractivity contribution < 1.29 is 23.5 Å². The normalized spacial score (nSPS) is 10.4. The summed E-state index contributed by atoms with van der Waals surface area (Å²) in [5.41, 5.74) is 0.436. The van der Waals surface area contributed by atoms with Gasteiger partial charge in [0.2, 0.25) is 0 Å². The van der Waals surface area contributed by atoms with Gasteiger partial charge in [-0.1, -0.05) is 25.5 Å². The first-order valence-electron chi connectivity index (χ1n) is 9.14. The lowest BCUT2D eigenvalue weighted by Crippen LogP contribution is -2.30. The molecule has 0 bridgehead atoms. The highest BCUT2D eigenvalue weighted by molar-refractivity contribution is 7.99. The lowest BCUT2D eigenvalue weighted by molar-refractivity contribution is -0.141. The number of thioether (sulfide) groups is 1. The molecule has 1 amide bonds. The molecule has 5 nitrogen and oxygen atoms in total. The molecular formula is C21H24FNO4S. The second-order valence-electron chi connectivity index (χ2n) is 5.91. The second-order valence-corrected chi connectivity index (χ2v) is 7.05. The van der Waals surface area contributed by atoms with Crippen LogP contribution < -0.4 is 10.1 Å². The van der Waals surface area contributed by atoms with E-state index < -0.39 is 5.97 Å². The van der Waals surface area contributed by atoms with Crippen molar-refractivity contribution in [1.82, 2.24) is 5.32 Å². The number of esters is 1. The molecule has 0 unspecified atom stereocenters. The minimum atomic E-state index is -0.540. The number of halogens is 1. The molecule has 0 aromatic heterocycles. The molecule has 0 aliphatic carbocycles. The Morgan fingerprint density at radius 2 is 1.82 bits per heavy atom. The van der Waals surface area contributed by atoms with Gasteiger partial charge in [0.25, 0.3) is 5.91 Å².